The molecule has 0 aliphatic rings. The molecule has 4 rings (SSSR count). The first-order valence-corrected chi connectivity index (χ1v) is 17.9. The van der Waals surface area contributed by atoms with E-state index in [0.717, 1.165) is 33.8 Å². The molecule has 248 valence electrons. The van der Waals surface area contributed by atoms with Crippen LogP contribution in [0.25, 0.3) is 0 Å². The number of methoxy groups -OCH3 is 1. The highest BCUT2D eigenvalue weighted by Crippen LogP contribution is 2.31. The van der Waals surface area contributed by atoms with Crippen molar-refractivity contribution in [2.75, 3.05) is 24.5 Å². The molecule has 1 unspecified atom stereocenters. The number of rotatable bonds is 15. The summed E-state index contributed by atoms with van der Waals surface area (Å²) in [7, 11) is -2.77. The van der Waals surface area contributed by atoms with E-state index in [9.17, 15) is 18.0 Å². The van der Waals surface area contributed by atoms with Crippen molar-refractivity contribution in [3.05, 3.63) is 123 Å². The van der Waals surface area contributed by atoms with Gasteiger partial charge in [-0.2, -0.15) is 0 Å². The van der Waals surface area contributed by atoms with Crippen molar-refractivity contribution in [3.63, 3.8) is 0 Å². The molecule has 0 saturated heterocycles. The lowest BCUT2D eigenvalue weighted by atomic mass is 10.0. The Morgan fingerprint density at radius 3 is 2.23 bits per heavy atom. The molecule has 0 heterocycles. The molecule has 4 aromatic rings. The Bertz CT molecular complexity index is 1750. The second-order valence-electron chi connectivity index (χ2n) is 11.1. The average Bonchev–Trinajstić information content (AvgIpc) is 3.07. The van der Waals surface area contributed by atoms with Crippen LogP contribution in [0.3, 0.4) is 0 Å². The summed E-state index contributed by atoms with van der Waals surface area (Å²) in [4.78, 5) is 29.9. The van der Waals surface area contributed by atoms with Crippen molar-refractivity contribution in [2.45, 2.75) is 50.6 Å². The fourth-order valence-corrected chi connectivity index (χ4v) is 7.28. The van der Waals surface area contributed by atoms with Gasteiger partial charge in [-0.25, -0.2) is 8.42 Å². The monoisotopic (exact) mass is 739 g/mol. The van der Waals surface area contributed by atoms with E-state index in [0.29, 0.717) is 27.5 Å². The molecule has 1 atom stereocenters. The van der Waals surface area contributed by atoms with E-state index in [-0.39, 0.29) is 23.8 Å². The number of aryl methyl sites for hydroxylation is 1. The quantitative estimate of drug-likeness (QED) is 0.131. The van der Waals surface area contributed by atoms with Gasteiger partial charge in [0.2, 0.25) is 11.8 Å². The summed E-state index contributed by atoms with van der Waals surface area (Å²) in [5.74, 6) is -0.384. The van der Waals surface area contributed by atoms with Gasteiger partial charge in [-0.1, -0.05) is 85.1 Å². The lowest BCUT2D eigenvalue weighted by molar-refractivity contribution is -0.140. The van der Waals surface area contributed by atoms with Crippen LogP contribution in [0.4, 0.5) is 5.69 Å². The number of unbranched alkanes of at least 4 members (excludes halogenated alkanes) is 1. The van der Waals surface area contributed by atoms with E-state index >= 15 is 0 Å². The van der Waals surface area contributed by atoms with Crippen molar-refractivity contribution >= 4 is 55.1 Å². The molecule has 0 bridgehead atoms. The Morgan fingerprint density at radius 1 is 0.936 bits per heavy atom. The first kappa shape index (κ1) is 36.0. The number of hydrogen-bond donors (Lipinski definition) is 1. The fourth-order valence-electron chi connectivity index (χ4n) is 5.02. The van der Waals surface area contributed by atoms with Crippen LogP contribution < -0.4 is 14.4 Å². The Morgan fingerprint density at radius 2 is 1.62 bits per heavy atom. The molecule has 8 nitrogen and oxygen atoms in total. The van der Waals surface area contributed by atoms with E-state index < -0.39 is 28.5 Å². The Balaban J connectivity index is 1.79. The molecule has 0 aliphatic carbocycles. The maximum atomic E-state index is 14.6. The maximum Gasteiger partial charge on any atom is 0.264 e. The number of ether oxygens (including phenoxy) is 1. The second-order valence-corrected chi connectivity index (χ2v) is 14.3. The molecular formula is C36H39BrClN3O5S. The van der Waals surface area contributed by atoms with Crippen LogP contribution in [0.5, 0.6) is 5.75 Å². The van der Waals surface area contributed by atoms with Gasteiger partial charge in [-0.15, -0.1) is 0 Å². The second kappa shape index (κ2) is 16.8. The maximum absolute atomic E-state index is 14.6. The van der Waals surface area contributed by atoms with E-state index in [1.54, 1.807) is 54.6 Å². The van der Waals surface area contributed by atoms with Gasteiger partial charge in [0, 0.05) is 24.5 Å². The molecule has 0 saturated carbocycles. The number of nitrogens with one attached hydrogen (secondary N) is 1. The Hall–Kier alpha value is -3.86. The highest BCUT2D eigenvalue weighted by atomic mass is 79.9. The number of nitrogens with zero attached hydrogens (tertiary/aromatic N) is 2. The van der Waals surface area contributed by atoms with Crippen LogP contribution in [-0.2, 0) is 32.6 Å². The van der Waals surface area contributed by atoms with Crippen LogP contribution in [0.15, 0.2) is 106 Å². The van der Waals surface area contributed by atoms with Crippen LogP contribution in [0, 0.1) is 6.92 Å². The van der Waals surface area contributed by atoms with Crippen LogP contribution in [0.2, 0.25) is 5.02 Å². The fraction of sp³-hybridized carbons (Fsp3) is 0.278. The smallest absolute Gasteiger partial charge is 0.264 e. The van der Waals surface area contributed by atoms with Crippen LogP contribution in [0.1, 0.15) is 36.5 Å². The van der Waals surface area contributed by atoms with Crippen molar-refractivity contribution in [1.82, 2.24) is 10.2 Å². The number of halogens is 2. The lowest BCUT2D eigenvalue weighted by Gasteiger charge is -2.34. The normalized spacial score (nSPS) is 11.9. The van der Waals surface area contributed by atoms with Crippen molar-refractivity contribution in [3.8, 4) is 5.75 Å². The highest BCUT2D eigenvalue weighted by molar-refractivity contribution is 9.10. The van der Waals surface area contributed by atoms with Gasteiger partial charge in [0.1, 0.15) is 18.3 Å². The van der Waals surface area contributed by atoms with E-state index in [2.05, 4.69) is 21.2 Å². The molecular weight excluding hydrogens is 702 g/mol. The molecule has 1 N–H and O–H groups in total. The van der Waals surface area contributed by atoms with Crippen molar-refractivity contribution in [1.29, 1.82) is 0 Å². The molecule has 4 aromatic carbocycles. The number of benzene rings is 4. The number of sulfonamides is 1. The summed E-state index contributed by atoms with van der Waals surface area (Å²) in [6, 6.07) is 26.9. The number of carbonyl (C=O) groups is 2. The predicted molar refractivity (Wildman–Crippen MR) is 190 cm³/mol. The van der Waals surface area contributed by atoms with Gasteiger partial charge in [-0.05, 0) is 82.9 Å². The third kappa shape index (κ3) is 9.59. The molecule has 47 heavy (non-hydrogen) atoms. The zero-order valence-corrected chi connectivity index (χ0v) is 29.8. The summed E-state index contributed by atoms with van der Waals surface area (Å²) >= 11 is 9.55. The SMILES string of the molecule is CCCCNC(=O)C(Cc1ccccc1)N(Cc1ccc(Cl)cc1)C(=O)CN(c1ccc(C)cc1)S(=O)(=O)c1ccc(OC)c(Br)c1. The van der Waals surface area contributed by atoms with Gasteiger partial charge in [-0.3, -0.25) is 13.9 Å². The summed E-state index contributed by atoms with van der Waals surface area (Å²) in [6.45, 7) is 3.90. The minimum atomic E-state index is -4.26. The zero-order chi connectivity index (χ0) is 34.0. The highest BCUT2D eigenvalue weighted by Gasteiger charge is 2.34. The molecule has 11 heteroatoms. The standard InChI is InChI=1S/C36H39BrClN3O5S/c1-4-5-21-39-36(43)33(22-27-9-7-6-8-10-27)40(24-28-13-15-29(38)16-14-28)35(42)25-41(30-17-11-26(2)12-18-30)47(44,45)31-19-20-34(46-3)32(37)23-31/h6-20,23,33H,4-5,21-22,24-25H2,1-3H3,(H,39,43). The van der Waals surface area contributed by atoms with Gasteiger partial charge >= 0.3 is 0 Å². The number of anilines is 1. The van der Waals surface area contributed by atoms with E-state index in [1.165, 1.54) is 24.1 Å². The predicted octanol–water partition coefficient (Wildman–Crippen LogP) is 7.17. The zero-order valence-electron chi connectivity index (χ0n) is 26.7. The van der Waals surface area contributed by atoms with Gasteiger partial charge < -0.3 is 15.0 Å². The topological polar surface area (TPSA) is 96.0 Å². The van der Waals surface area contributed by atoms with E-state index in [4.69, 9.17) is 16.3 Å². The van der Waals surface area contributed by atoms with Gasteiger partial charge in [0.15, 0.2) is 0 Å². The molecule has 0 fully saturated rings. The number of amides is 2. The Kier molecular flexibility index (Phi) is 12.9. The minimum Gasteiger partial charge on any atom is -0.496 e. The third-order valence-electron chi connectivity index (χ3n) is 7.68. The van der Waals surface area contributed by atoms with Crippen LogP contribution in [-0.4, -0.2) is 51.4 Å². The van der Waals surface area contributed by atoms with Crippen LogP contribution >= 0.6 is 27.5 Å². The molecule has 0 aliphatic heterocycles. The first-order valence-electron chi connectivity index (χ1n) is 15.3. The number of carbonyl (C=O) groups excluding carboxylic acids is 2. The van der Waals surface area contributed by atoms with Gasteiger partial charge in [0.25, 0.3) is 10.0 Å². The molecule has 0 aromatic heterocycles. The number of hydrogen-bond acceptors (Lipinski definition) is 5. The average molecular weight is 741 g/mol. The van der Waals surface area contributed by atoms with Crippen molar-refractivity contribution in [2.24, 2.45) is 0 Å². The minimum absolute atomic E-state index is 0.0269. The third-order valence-corrected chi connectivity index (χ3v) is 10.3. The molecule has 2 amide bonds. The van der Waals surface area contributed by atoms with Crippen molar-refractivity contribution < 1.29 is 22.7 Å². The summed E-state index contributed by atoms with van der Waals surface area (Å²) in [6.07, 6.45) is 1.91. The molecule has 0 radical (unpaired) electrons. The molecule has 0 spiro atoms. The summed E-state index contributed by atoms with van der Waals surface area (Å²) in [5.41, 5.74) is 2.85. The van der Waals surface area contributed by atoms with E-state index in [1.807, 2.05) is 44.2 Å². The summed E-state index contributed by atoms with van der Waals surface area (Å²) < 4.78 is 35.4. The Labute approximate surface area is 290 Å². The van der Waals surface area contributed by atoms with Gasteiger partial charge in [0.05, 0.1) is 22.2 Å². The summed E-state index contributed by atoms with van der Waals surface area (Å²) in [5, 5.41) is 3.53. The largest absolute Gasteiger partial charge is 0.496 e. The first-order chi connectivity index (χ1) is 22.5. The lowest BCUT2D eigenvalue weighted by Crippen LogP contribution is -2.53.